The second-order valence-electron chi connectivity index (χ2n) is 5.14. The predicted octanol–water partition coefficient (Wildman–Crippen LogP) is 4.02. The molecule has 2 aromatic heterocycles. The lowest BCUT2D eigenvalue weighted by molar-refractivity contribution is 0.0684. The third kappa shape index (κ3) is 3.28. The van der Waals surface area contributed by atoms with Gasteiger partial charge in [0.1, 0.15) is 11.5 Å². The van der Waals surface area contributed by atoms with E-state index in [0.717, 1.165) is 17.1 Å². The lowest BCUT2D eigenvalue weighted by Crippen LogP contribution is -2.29. The van der Waals surface area contributed by atoms with Gasteiger partial charge < -0.3 is 13.7 Å². The summed E-state index contributed by atoms with van der Waals surface area (Å²) in [6, 6.07) is 17.0. The molecule has 0 spiro atoms. The van der Waals surface area contributed by atoms with Crippen LogP contribution < -0.4 is 0 Å². The number of hydrogen-bond donors (Lipinski definition) is 0. The predicted molar refractivity (Wildman–Crippen MR) is 82.2 cm³/mol. The molecule has 4 heteroatoms. The molecule has 4 nitrogen and oxygen atoms in total. The normalized spacial score (nSPS) is 10.6. The molecule has 0 saturated carbocycles. The number of furan rings is 2. The zero-order valence-electron chi connectivity index (χ0n) is 12.4. The van der Waals surface area contributed by atoms with Gasteiger partial charge in [-0.25, -0.2) is 0 Å². The van der Waals surface area contributed by atoms with Gasteiger partial charge in [0.25, 0.3) is 5.91 Å². The molecule has 0 N–H and O–H groups in total. The Morgan fingerprint density at radius 1 is 1.00 bits per heavy atom. The first kappa shape index (κ1) is 14.2. The summed E-state index contributed by atoms with van der Waals surface area (Å²) in [5.74, 6) is 1.67. The number of aryl methyl sites for hydroxylation is 1. The molecule has 112 valence electrons. The molecule has 0 aliphatic rings. The van der Waals surface area contributed by atoms with Crippen LogP contribution in [0.4, 0.5) is 0 Å². The van der Waals surface area contributed by atoms with Gasteiger partial charge in [0.15, 0.2) is 5.76 Å². The number of carbonyl (C=O) groups is 1. The van der Waals surface area contributed by atoms with Crippen LogP contribution >= 0.6 is 0 Å². The van der Waals surface area contributed by atoms with Crippen LogP contribution in [-0.2, 0) is 13.1 Å². The first-order valence-electron chi connectivity index (χ1n) is 7.14. The SMILES string of the molecule is Cc1ccc(C(=O)N(Cc2ccccc2)Cc2ccco2)o1. The van der Waals surface area contributed by atoms with E-state index in [1.807, 2.05) is 49.4 Å². The molecule has 2 heterocycles. The second kappa shape index (κ2) is 6.35. The van der Waals surface area contributed by atoms with Gasteiger partial charge in [-0.3, -0.25) is 4.79 Å². The molecule has 0 aliphatic heterocycles. The Bertz CT molecular complexity index is 729. The van der Waals surface area contributed by atoms with Gasteiger partial charge in [-0.15, -0.1) is 0 Å². The van der Waals surface area contributed by atoms with E-state index in [2.05, 4.69) is 0 Å². The summed E-state index contributed by atoms with van der Waals surface area (Å²) < 4.78 is 10.8. The molecule has 22 heavy (non-hydrogen) atoms. The number of hydrogen-bond acceptors (Lipinski definition) is 3. The maximum Gasteiger partial charge on any atom is 0.290 e. The zero-order chi connectivity index (χ0) is 15.4. The number of rotatable bonds is 5. The van der Waals surface area contributed by atoms with Crippen molar-refractivity contribution < 1.29 is 13.6 Å². The molecular formula is C18H17NO3. The zero-order valence-corrected chi connectivity index (χ0v) is 12.4. The van der Waals surface area contributed by atoms with E-state index >= 15 is 0 Å². The van der Waals surface area contributed by atoms with Crippen molar-refractivity contribution in [3.63, 3.8) is 0 Å². The average molecular weight is 295 g/mol. The van der Waals surface area contributed by atoms with Gasteiger partial charge in [0.05, 0.1) is 12.8 Å². The largest absolute Gasteiger partial charge is 0.467 e. The highest BCUT2D eigenvalue weighted by Crippen LogP contribution is 2.16. The molecule has 0 unspecified atom stereocenters. The number of carbonyl (C=O) groups excluding carboxylic acids is 1. The van der Waals surface area contributed by atoms with E-state index < -0.39 is 0 Å². The van der Waals surface area contributed by atoms with Crippen LogP contribution in [0.5, 0.6) is 0 Å². The van der Waals surface area contributed by atoms with E-state index in [0.29, 0.717) is 18.8 Å². The summed E-state index contributed by atoms with van der Waals surface area (Å²) >= 11 is 0. The molecule has 0 atom stereocenters. The Morgan fingerprint density at radius 2 is 1.82 bits per heavy atom. The van der Waals surface area contributed by atoms with Crippen LogP contribution in [0.2, 0.25) is 0 Å². The summed E-state index contributed by atoms with van der Waals surface area (Å²) in [6.45, 7) is 2.73. The first-order valence-corrected chi connectivity index (χ1v) is 7.14. The molecule has 3 rings (SSSR count). The molecule has 0 fully saturated rings. The summed E-state index contributed by atoms with van der Waals surface area (Å²) in [6.07, 6.45) is 1.61. The maximum absolute atomic E-state index is 12.7. The standard InChI is InChI=1S/C18H17NO3/c1-14-9-10-17(22-14)18(20)19(13-16-8-5-11-21-16)12-15-6-3-2-4-7-15/h2-11H,12-13H2,1H3. The van der Waals surface area contributed by atoms with Crippen LogP contribution in [0.1, 0.15) is 27.6 Å². The van der Waals surface area contributed by atoms with Gasteiger partial charge in [-0.1, -0.05) is 30.3 Å². The topological polar surface area (TPSA) is 46.6 Å². The highest BCUT2D eigenvalue weighted by atomic mass is 16.4. The van der Waals surface area contributed by atoms with Crippen molar-refractivity contribution in [1.29, 1.82) is 0 Å². The molecule has 3 aromatic rings. The summed E-state index contributed by atoms with van der Waals surface area (Å²) in [7, 11) is 0. The Labute approximate surface area is 129 Å². The molecular weight excluding hydrogens is 278 g/mol. The molecule has 1 amide bonds. The fourth-order valence-corrected chi connectivity index (χ4v) is 2.30. The summed E-state index contributed by atoms with van der Waals surface area (Å²) in [5, 5.41) is 0. The maximum atomic E-state index is 12.7. The van der Waals surface area contributed by atoms with E-state index in [1.54, 1.807) is 23.3 Å². The van der Waals surface area contributed by atoms with Gasteiger partial charge in [0.2, 0.25) is 0 Å². The molecule has 0 bridgehead atoms. The fourth-order valence-electron chi connectivity index (χ4n) is 2.30. The Balaban J connectivity index is 1.83. The van der Waals surface area contributed by atoms with Crippen LogP contribution in [0.15, 0.2) is 69.7 Å². The first-order chi connectivity index (χ1) is 10.7. The van der Waals surface area contributed by atoms with Crippen molar-refractivity contribution in [3.8, 4) is 0 Å². The Morgan fingerprint density at radius 3 is 2.45 bits per heavy atom. The van der Waals surface area contributed by atoms with Crippen LogP contribution in [-0.4, -0.2) is 10.8 Å². The monoisotopic (exact) mass is 295 g/mol. The van der Waals surface area contributed by atoms with Gasteiger partial charge in [-0.2, -0.15) is 0 Å². The lowest BCUT2D eigenvalue weighted by atomic mass is 10.2. The lowest BCUT2D eigenvalue weighted by Gasteiger charge is -2.20. The third-order valence-corrected chi connectivity index (χ3v) is 3.38. The van der Waals surface area contributed by atoms with E-state index in [9.17, 15) is 4.79 Å². The van der Waals surface area contributed by atoms with Gasteiger partial charge >= 0.3 is 0 Å². The van der Waals surface area contributed by atoms with Crippen molar-refractivity contribution in [3.05, 3.63) is 83.7 Å². The highest BCUT2D eigenvalue weighted by molar-refractivity contribution is 5.91. The molecule has 0 radical (unpaired) electrons. The average Bonchev–Trinajstić information content (AvgIpc) is 3.18. The Hall–Kier alpha value is -2.75. The van der Waals surface area contributed by atoms with E-state index in [4.69, 9.17) is 8.83 Å². The van der Waals surface area contributed by atoms with Crippen molar-refractivity contribution in [2.45, 2.75) is 20.0 Å². The number of amides is 1. The van der Waals surface area contributed by atoms with Crippen LogP contribution in [0.3, 0.4) is 0 Å². The van der Waals surface area contributed by atoms with Crippen LogP contribution in [0, 0.1) is 6.92 Å². The van der Waals surface area contributed by atoms with E-state index in [-0.39, 0.29) is 5.91 Å². The van der Waals surface area contributed by atoms with E-state index in [1.165, 1.54) is 0 Å². The highest BCUT2D eigenvalue weighted by Gasteiger charge is 2.20. The minimum atomic E-state index is -0.145. The third-order valence-electron chi connectivity index (χ3n) is 3.38. The molecule has 0 aliphatic carbocycles. The number of nitrogens with zero attached hydrogens (tertiary/aromatic N) is 1. The minimum Gasteiger partial charge on any atom is -0.467 e. The van der Waals surface area contributed by atoms with Crippen molar-refractivity contribution in [1.82, 2.24) is 4.90 Å². The molecule has 0 saturated heterocycles. The van der Waals surface area contributed by atoms with Crippen molar-refractivity contribution in [2.24, 2.45) is 0 Å². The smallest absolute Gasteiger partial charge is 0.290 e. The fraction of sp³-hybridized carbons (Fsp3) is 0.167. The van der Waals surface area contributed by atoms with Crippen molar-refractivity contribution >= 4 is 5.91 Å². The quantitative estimate of drug-likeness (QED) is 0.714. The van der Waals surface area contributed by atoms with Gasteiger partial charge in [0, 0.05) is 6.54 Å². The summed E-state index contributed by atoms with van der Waals surface area (Å²) in [4.78, 5) is 14.4. The Kier molecular flexibility index (Phi) is 4.10. The molecule has 1 aromatic carbocycles. The summed E-state index contributed by atoms with van der Waals surface area (Å²) in [5.41, 5.74) is 1.06. The number of benzene rings is 1. The van der Waals surface area contributed by atoms with Gasteiger partial charge in [-0.05, 0) is 36.8 Å². The minimum absolute atomic E-state index is 0.145. The van der Waals surface area contributed by atoms with Crippen LogP contribution in [0.25, 0.3) is 0 Å². The second-order valence-corrected chi connectivity index (χ2v) is 5.14. The van der Waals surface area contributed by atoms with Crippen molar-refractivity contribution in [2.75, 3.05) is 0 Å².